The van der Waals surface area contributed by atoms with Gasteiger partial charge in [-0.05, 0) is 42.5 Å². The number of amides is 3. The highest BCUT2D eigenvalue weighted by molar-refractivity contribution is 6.08. The van der Waals surface area contributed by atoms with Crippen LogP contribution in [0.3, 0.4) is 0 Å². The standard InChI is InChI=1S/C21H18N4O3/c1-13-6-7-17-22-15(10-18(26)24(17)11-13)12-25-19(27)21(23-20(25)28)9-8-14-4-2-3-5-16(14)21/h2-7,10-11H,8-9,12H2,1H3,(H,23,28)/t21-/m1/s1. The van der Waals surface area contributed by atoms with Gasteiger partial charge < -0.3 is 5.32 Å². The van der Waals surface area contributed by atoms with Crippen LogP contribution in [0.4, 0.5) is 4.79 Å². The van der Waals surface area contributed by atoms with Crippen molar-refractivity contribution >= 4 is 17.6 Å². The molecule has 1 aliphatic heterocycles. The summed E-state index contributed by atoms with van der Waals surface area (Å²) in [4.78, 5) is 43.9. The number of pyridine rings is 1. The lowest BCUT2D eigenvalue weighted by Gasteiger charge is -2.22. The second kappa shape index (κ2) is 5.76. The van der Waals surface area contributed by atoms with E-state index in [4.69, 9.17) is 0 Å². The molecule has 7 nitrogen and oxygen atoms in total. The second-order valence-electron chi connectivity index (χ2n) is 7.40. The average molecular weight is 374 g/mol. The number of fused-ring (bicyclic) bond motifs is 3. The largest absolute Gasteiger partial charge is 0.325 e. The van der Waals surface area contributed by atoms with Crippen molar-refractivity contribution in [3.63, 3.8) is 0 Å². The Bertz CT molecular complexity index is 1220. The van der Waals surface area contributed by atoms with Gasteiger partial charge in [0.15, 0.2) is 0 Å². The third-order valence-corrected chi connectivity index (χ3v) is 5.60. The lowest BCUT2D eigenvalue weighted by molar-refractivity contribution is -0.132. The molecule has 3 heterocycles. The molecule has 2 aromatic heterocycles. The number of carbonyl (C=O) groups is 2. The van der Waals surface area contributed by atoms with E-state index in [1.54, 1.807) is 12.3 Å². The van der Waals surface area contributed by atoms with Gasteiger partial charge >= 0.3 is 6.03 Å². The van der Waals surface area contributed by atoms with Gasteiger partial charge in [0.05, 0.1) is 12.2 Å². The maximum atomic E-state index is 13.2. The Morgan fingerprint density at radius 2 is 1.96 bits per heavy atom. The van der Waals surface area contributed by atoms with Crippen molar-refractivity contribution in [1.29, 1.82) is 0 Å². The minimum absolute atomic E-state index is 0.0335. The third kappa shape index (κ3) is 2.29. The van der Waals surface area contributed by atoms with Crippen molar-refractivity contribution in [1.82, 2.24) is 19.6 Å². The highest BCUT2D eigenvalue weighted by Gasteiger charge is 2.55. The van der Waals surface area contributed by atoms with Crippen molar-refractivity contribution in [3.8, 4) is 0 Å². The minimum Gasteiger partial charge on any atom is -0.319 e. The van der Waals surface area contributed by atoms with E-state index in [2.05, 4.69) is 10.3 Å². The van der Waals surface area contributed by atoms with E-state index < -0.39 is 11.6 Å². The third-order valence-electron chi connectivity index (χ3n) is 5.60. The smallest absolute Gasteiger partial charge is 0.319 e. The zero-order valence-corrected chi connectivity index (χ0v) is 15.3. The van der Waals surface area contributed by atoms with Crippen molar-refractivity contribution < 1.29 is 9.59 Å². The first-order chi connectivity index (χ1) is 13.5. The predicted molar refractivity (Wildman–Crippen MR) is 102 cm³/mol. The van der Waals surface area contributed by atoms with Gasteiger partial charge in [-0.1, -0.05) is 30.3 Å². The minimum atomic E-state index is -1.00. The van der Waals surface area contributed by atoms with Gasteiger partial charge in [-0.25, -0.2) is 9.78 Å². The van der Waals surface area contributed by atoms with E-state index in [1.807, 2.05) is 37.3 Å². The molecule has 1 aromatic carbocycles. The lowest BCUT2D eigenvalue weighted by atomic mass is 9.92. The van der Waals surface area contributed by atoms with Crippen molar-refractivity contribution in [2.24, 2.45) is 0 Å². The zero-order chi connectivity index (χ0) is 19.5. The molecule has 3 aromatic rings. The molecule has 28 heavy (non-hydrogen) atoms. The number of hydrogen-bond donors (Lipinski definition) is 1. The lowest BCUT2D eigenvalue weighted by Crippen LogP contribution is -2.41. The molecular weight excluding hydrogens is 356 g/mol. The molecule has 1 aliphatic carbocycles. The summed E-state index contributed by atoms with van der Waals surface area (Å²) in [6, 6.07) is 12.2. The van der Waals surface area contributed by atoms with Gasteiger partial charge in [-0.15, -0.1) is 0 Å². The summed E-state index contributed by atoms with van der Waals surface area (Å²) in [6.45, 7) is 1.86. The predicted octanol–water partition coefficient (Wildman–Crippen LogP) is 1.90. The molecule has 0 unspecified atom stereocenters. The Kier molecular flexibility index (Phi) is 3.43. The quantitative estimate of drug-likeness (QED) is 0.695. The number of carbonyl (C=O) groups excluding carboxylic acids is 2. The Labute approximate surface area is 160 Å². The number of benzene rings is 1. The van der Waals surface area contributed by atoms with Crippen molar-refractivity contribution in [2.75, 3.05) is 0 Å². The number of imide groups is 1. The van der Waals surface area contributed by atoms with Crippen LogP contribution >= 0.6 is 0 Å². The molecule has 1 spiro atoms. The number of aromatic nitrogens is 2. The number of nitrogens with one attached hydrogen (secondary N) is 1. The highest BCUT2D eigenvalue weighted by Crippen LogP contribution is 2.41. The van der Waals surface area contributed by atoms with E-state index in [-0.39, 0.29) is 18.0 Å². The number of rotatable bonds is 2. The molecule has 7 heteroatoms. The van der Waals surface area contributed by atoms with E-state index in [0.717, 1.165) is 28.0 Å². The molecule has 1 atom stereocenters. The topological polar surface area (TPSA) is 83.8 Å². The van der Waals surface area contributed by atoms with Crippen LogP contribution in [-0.4, -0.2) is 26.2 Å². The summed E-state index contributed by atoms with van der Waals surface area (Å²) in [5, 5.41) is 2.89. The van der Waals surface area contributed by atoms with Crippen LogP contribution in [0.1, 0.15) is 28.8 Å². The highest BCUT2D eigenvalue weighted by atomic mass is 16.2. The van der Waals surface area contributed by atoms with E-state index in [0.29, 0.717) is 17.8 Å². The Hall–Kier alpha value is -3.48. The Morgan fingerprint density at radius 3 is 2.82 bits per heavy atom. The Morgan fingerprint density at radius 1 is 1.14 bits per heavy atom. The van der Waals surface area contributed by atoms with Gasteiger partial charge in [0.1, 0.15) is 11.2 Å². The van der Waals surface area contributed by atoms with Crippen LogP contribution < -0.4 is 10.9 Å². The molecular formula is C21H18N4O3. The molecule has 5 rings (SSSR count). The Balaban J connectivity index is 1.51. The molecule has 3 amide bonds. The van der Waals surface area contributed by atoms with Gasteiger partial charge in [-0.2, -0.15) is 0 Å². The van der Waals surface area contributed by atoms with Gasteiger partial charge in [-0.3, -0.25) is 18.9 Å². The van der Waals surface area contributed by atoms with E-state index in [1.165, 1.54) is 10.5 Å². The van der Waals surface area contributed by atoms with Crippen molar-refractivity contribution in [3.05, 3.63) is 81.4 Å². The second-order valence-corrected chi connectivity index (χ2v) is 7.40. The van der Waals surface area contributed by atoms with E-state index in [9.17, 15) is 14.4 Å². The molecule has 1 saturated heterocycles. The van der Waals surface area contributed by atoms with Gasteiger partial charge in [0.2, 0.25) is 0 Å². The van der Waals surface area contributed by atoms with Crippen LogP contribution in [-0.2, 0) is 23.3 Å². The summed E-state index contributed by atoms with van der Waals surface area (Å²) >= 11 is 0. The molecule has 0 radical (unpaired) electrons. The van der Waals surface area contributed by atoms with Crippen LogP contribution in [0, 0.1) is 6.92 Å². The number of hydrogen-bond acceptors (Lipinski definition) is 4. The summed E-state index contributed by atoms with van der Waals surface area (Å²) in [7, 11) is 0. The van der Waals surface area contributed by atoms with Crippen LogP contribution in [0.2, 0.25) is 0 Å². The summed E-state index contributed by atoms with van der Waals surface area (Å²) in [5.74, 6) is -0.284. The summed E-state index contributed by atoms with van der Waals surface area (Å²) in [6.07, 6.45) is 3.00. The first-order valence-corrected chi connectivity index (χ1v) is 9.19. The van der Waals surface area contributed by atoms with Gasteiger partial charge in [0.25, 0.3) is 11.5 Å². The molecule has 0 bridgehead atoms. The maximum Gasteiger partial charge on any atom is 0.325 e. The van der Waals surface area contributed by atoms with Crippen LogP contribution in [0.15, 0.2) is 53.5 Å². The molecule has 0 saturated carbocycles. The fourth-order valence-electron chi connectivity index (χ4n) is 4.23. The SMILES string of the molecule is Cc1ccc2nc(CN3C(=O)N[C@@]4(CCc5ccccc54)C3=O)cc(=O)n2c1. The number of aryl methyl sites for hydroxylation is 2. The molecule has 2 aliphatic rings. The number of urea groups is 1. The monoisotopic (exact) mass is 374 g/mol. The summed E-state index contributed by atoms with van der Waals surface area (Å²) in [5.41, 5.74) is 2.52. The summed E-state index contributed by atoms with van der Waals surface area (Å²) < 4.78 is 1.46. The van der Waals surface area contributed by atoms with Gasteiger partial charge in [0, 0.05) is 12.3 Å². The van der Waals surface area contributed by atoms with Crippen LogP contribution in [0.5, 0.6) is 0 Å². The average Bonchev–Trinajstić information content (AvgIpc) is 3.16. The normalized spacial score (nSPS) is 20.8. The fraction of sp³-hybridized carbons (Fsp3) is 0.238. The maximum absolute atomic E-state index is 13.2. The first-order valence-electron chi connectivity index (χ1n) is 9.19. The van der Waals surface area contributed by atoms with Crippen molar-refractivity contribution in [2.45, 2.75) is 31.8 Å². The molecule has 1 fully saturated rings. The molecule has 140 valence electrons. The first kappa shape index (κ1) is 16.7. The van der Waals surface area contributed by atoms with E-state index >= 15 is 0 Å². The zero-order valence-electron chi connectivity index (χ0n) is 15.3. The molecule has 1 N–H and O–H groups in total. The number of nitrogens with zero attached hydrogens (tertiary/aromatic N) is 3. The fourth-order valence-corrected chi connectivity index (χ4v) is 4.23. The van der Waals surface area contributed by atoms with Crippen LogP contribution in [0.25, 0.3) is 5.65 Å².